The number of benzene rings is 2. The zero-order valence-corrected chi connectivity index (χ0v) is 18.2. The van der Waals surface area contributed by atoms with Crippen LogP contribution in [0.5, 0.6) is 0 Å². The van der Waals surface area contributed by atoms with E-state index in [-0.39, 0.29) is 23.7 Å². The second-order valence-electron chi connectivity index (χ2n) is 8.13. The molecular weight excluding hydrogens is 406 g/mol. The molecule has 7 heteroatoms. The van der Waals surface area contributed by atoms with Crippen molar-refractivity contribution in [2.45, 2.75) is 45.3 Å². The van der Waals surface area contributed by atoms with Gasteiger partial charge in [0.1, 0.15) is 0 Å². The lowest BCUT2D eigenvalue weighted by atomic mass is 10.1. The van der Waals surface area contributed by atoms with E-state index in [1.54, 1.807) is 36.1 Å². The van der Waals surface area contributed by atoms with Crippen LogP contribution in [0.1, 0.15) is 48.7 Å². The van der Waals surface area contributed by atoms with Crippen LogP contribution >= 0.6 is 0 Å². The number of ether oxygens (including phenoxy) is 1. The van der Waals surface area contributed by atoms with E-state index in [4.69, 9.17) is 4.74 Å². The molecule has 1 aliphatic heterocycles. The summed E-state index contributed by atoms with van der Waals surface area (Å²) in [5, 5.41) is 5.14. The number of nitrogens with zero attached hydrogens (tertiary/aromatic N) is 3. The predicted octanol–water partition coefficient (Wildman–Crippen LogP) is 3.39. The standard InChI is InChI=1S/C25H27N3O4/c1-18(23(29)27-15-9-2-3-10-16-27)32-25(31)22-20-13-7-8-14-21(20)24(30)28(26-22)17-19-11-5-4-6-12-19/h4-8,11-14,18H,2-3,9-10,15-17H2,1H3/t18-/m0/s1. The summed E-state index contributed by atoms with van der Waals surface area (Å²) in [4.78, 5) is 40.6. The second kappa shape index (κ2) is 9.77. The first-order valence-electron chi connectivity index (χ1n) is 11.1. The van der Waals surface area contributed by atoms with Crippen molar-refractivity contribution in [3.63, 3.8) is 0 Å². The van der Waals surface area contributed by atoms with Crippen LogP contribution in [0.15, 0.2) is 59.4 Å². The average molecular weight is 434 g/mol. The fourth-order valence-corrected chi connectivity index (χ4v) is 4.06. The van der Waals surface area contributed by atoms with Gasteiger partial charge in [0, 0.05) is 18.5 Å². The van der Waals surface area contributed by atoms with Crippen molar-refractivity contribution in [2.75, 3.05) is 13.1 Å². The number of amides is 1. The Morgan fingerprint density at radius 2 is 1.56 bits per heavy atom. The van der Waals surface area contributed by atoms with Gasteiger partial charge >= 0.3 is 5.97 Å². The summed E-state index contributed by atoms with van der Waals surface area (Å²) in [5.41, 5.74) is 0.641. The van der Waals surface area contributed by atoms with Crippen LogP contribution in [-0.2, 0) is 16.1 Å². The summed E-state index contributed by atoms with van der Waals surface area (Å²) in [6.07, 6.45) is 3.22. The lowest BCUT2D eigenvalue weighted by Crippen LogP contribution is -2.40. The Hall–Kier alpha value is -3.48. The van der Waals surface area contributed by atoms with E-state index >= 15 is 0 Å². The molecule has 3 aromatic rings. The summed E-state index contributed by atoms with van der Waals surface area (Å²) >= 11 is 0. The van der Waals surface area contributed by atoms with Crippen LogP contribution in [-0.4, -0.2) is 45.8 Å². The monoisotopic (exact) mass is 433 g/mol. The number of carbonyl (C=O) groups is 2. The molecule has 166 valence electrons. The first kappa shape index (κ1) is 21.7. The van der Waals surface area contributed by atoms with Crippen molar-refractivity contribution < 1.29 is 14.3 Å². The molecule has 2 heterocycles. The molecular formula is C25H27N3O4. The molecule has 0 saturated carbocycles. The zero-order valence-electron chi connectivity index (χ0n) is 18.2. The first-order chi connectivity index (χ1) is 15.5. The Balaban J connectivity index is 1.62. The summed E-state index contributed by atoms with van der Waals surface area (Å²) in [5.74, 6) is -0.902. The Bertz CT molecular complexity index is 1160. The van der Waals surface area contributed by atoms with Gasteiger partial charge in [-0.2, -0.15) is 5.10 Å². The van der Waals surface area contributed by atoms with E-state index in [0.717, 1.165) is 31.2 Å². The van der Waals surface area contributed by atoms with E-state index < -0.39 is 12.1 Å². The van der Waals surface area contributed by atoms with Gasteiger partial charge in [0.25, 0.3) is 11.5 Å². The molecule has 1 aromatic heterocycles. The van der Waals surface area contributed by atoms with E-state index in [2.05, 4.69) is 5.10 Å². The van der Waals surface area contributed by atoms with Crippen LogP contribution in [0, 0.1) is 0 Å². The number of esters is 1. The molecule has 1 amide bonds. The van der Waals surface area contributed by atoms with Gasteiger partial charge in [0.15, 0.2) is 11.8 Å². The highest BCUT2D eigenvalue weighted by Crippen LogP contribution is 2.17. The molecule has 0 N–H and O–H groups in total. The van der Waals surface area contributed by atoms with E-state index in [1.807, 2.05) is 30.3 Å². The molecule has 0 unspecified atom stereocenters. The van der Waals surface area contributed by atoms with Crippen LogP contribution in [0.4, 0.5) is 0 Å². The topological polar surface area (TPSA) is 81.5 Å². The van der Waals surface area contributed by atoms with Crippen LogP contribution in [0.3, 0.4) is 0 Å². The summed E-state index contributed by atoms with van der Waals surface area (Å²) in [7, 11) is 0. The number of hydrogen-bond acceptors (Lipinski definition) is 5. The smallest absolute Gasteiger partial charge is 0.360 e. The Labute approximate surface area is 186 Å². The number of rotatable bonds is 5. The molecule has 0 radical (unpaired) electrons. The summed E-state index contributed by atoms with van der Waals surface area (Å²) in [6, 6.07) is 16.3. The number of aromatic nitrogens is 2. The van der Waals surface area contributed by atoms with Gasteiger partial charge in [0.05, 0.1) is 11.9 Å². The molecule has 4 rings (SSSR count). The van der Waals surface area contributed by atoms with Crippen LogP contribution in [0.25, 0.3) is 10.8 Å². The highest BCUT2D eigenvalue weighted by molar-refractivity contribution is 6.02. The molecule has 32 heavy (non-hydrogen) atoms. The van der Waals surface area contributed by atoms with Gasteiger partial charge in [-0.25, -0.2) is 9.48 Å². The number of fused-ring (bicyclic) bond motifs is 1. The molecule has 7 nitrogen and oxygen atoms in total. The third-order valence-corrected chi connectivity index (χ3v) is 5.79. The average Bonchev–Trinajstić information content (AvgIpc) is 3.10. The van der Waals surface area contributed by atoms with Crippen molar-refractivity contribution >= 4 is 22.6 Å². The van der Waals surface area contributed by atoms with E-state index in [9.17, 15) is 14.4 Å². The van der Waals surface area contributed by atoms with Crippen molar-refractivity contribution in [1.82, 2.24) is 14.7 Å². The van der Waals surface area contributed by atoms with E-state index in [1.165, 1.54) is 4.68 Å². The molecule has 0 spiro atoms. The summed E-state index contributed by atoms with van der Waals surface area (Å²) in [6.45, 7) is 3.19. The Kier molecular flexibility index (Phi) is 6.63. The van der Waals surface area contributed by atoms with Gasteiger partial charge in [-0.3, -0.25) is 9.59 Å². The molecule has 1 aliphatic rings. The maximum Gasteiger partial charge on any atom is 0.360 e. The highest BCUT2D eigenvalue weighted by Gasteiger charge is 2.27. The number of hydrogen-bond donors (Lipinski definition) is 0. The Morgan fingerprint density at radius 1 is 0.938 bits per heavy atom. The lowest BCUT2D eigenvalue weighted by molar-refractivity contribution is -0.139. The summed E-state index contributed by atoms with van der Waals surface area (Å²) < 4.78 is 6.81. The Morgan fingerprint density at radius 3 is 2.25 bits per heavy atom. The molecule has 1 saturated heterocycles. The largest absolute Gasteiger partial charge is 0.448 e. The number of likely N-dealkylation sites (tertiary alicyclic amines) is 1. The molecule has 0 aliphatic carbocycles. The molecule has 0 bridgehead atoms. The minimum absolute atomic E-state index is 0.0339. The molecule has 2 aromatic carbocycles. The maximum absolute atomic E-state index is 13.1. The van der Waals surface area contributed by atoms with Gasteiger partial charge < -0.3 is 9.64 Å². The highest BCUT2D eigenvalue weighted by atomic mass is 16.5. The minimum atomic E-state index is -0.921. The predicted molar refractivity (Wildman–Crippen MR) is 121 cm³/mol. The van der Waals surface area contributed by atoms with Gasteiger partial charge in [0.2, 0.25) is 0 Å². The van der Waals surface area contributed by atoms with Crippen molar-refractivity contribution in [3.05, 3.63) is 76.2 Å². The molecule has 1 fully saturated rings. The first-order valence-corrected chi connectivity index (χ1v) is 11.1. The minimum Gasteiger partial charge on any atom is -0.448 e. The third-order valence-electron chi connectivity index (χ3n) is 5.79. The van der Waals surface area contributed by atoms with Gasteiger partial charge in [-0.15, -0.1) is 0 Å². The quantitative estimate of drug-likeness (QED) is 0.576. The van der Waals surface area contributed by atoms with Crippen molar-refractivity contribution in [1.29, 1.82) is 0 Å². The third kappa shape index (κ3) is 4.72. The zero-order chi connectivity index (χ0) is 22.5. The van der Waals surface area contributed by atoms with Gasteiger partial charge in [-0.05, 0) is 31.4 Å². The fraction of sp³-hybridized carbons (Fsp3) is 0.360. The van der Waals surface area contributed by atoms with Crippen molar-refractivity contribution in [2.24, 2.45) is 0 Å². The fourth-order valence-electron chi connectivity index (χ4n) is 4.06. The molecule has 1 atom stereocenters. The van der Waals surface area contributed by atoms with Crippen LogP contribution < -0.4 is 5.56 Å². The van der Waals surface area contributed by atoms with Crippen LogP contribution in [0.2, 0.25) is 0 Å². The normalized spacial score (nSPS) is 15.2. The SMILES string of the molecule is C[C@H](OC(=O)c1nn(Cc2ccccc2)c(=O)c2ccccc12)C(=O)N1CCCCCC1. The lowest BCUT2D eigenvalue weighted by Gasteiger charge is -2.24. The van der Waals surface area contributed by atoms with E-state index in [0.29, 0.717) is 23.9 Å². The second-order valence-corrected chi connectivity index (χ2v) is 8.13. The maximum atomic E-state index is 13.1. The van der Waals surface area contributed by atoms with Crippen molar-refractivity contribution in [3.8, 4) is 0 Å². The number of carbonyl (C=O) groups excluding carboxylic acids is 2. The van der Waals surface area contributed by atoms with Gasteiger partial charge in [-0.1, -0.05) is 61.4 Å².